The van der Waals surface area contributed by atoms with Crippen LogP contribution in [0.5, 0.6) is 0 Å². The molecule has 0 bridgehead atoms. The fourth-order valence-corrected chi connectivity index (χ4v) is 18.1. The normalized spacial score (nSPS) is 12.8. The molecule has 2 aromatic heterocycles. The van der Waals surface area contributed by atoms with Gasteiger partial charge in [-0.3, -0.25) is 9.47 Å². The van der Waals surface area contributed by atoms with Gasteiger partial charge in [0.2, 0.25) is 0 Å². The number of rotatable bonds is 9. The van der Waals surface area contributed by atoms with Gasteiger partial charge in [0.1, 0.15) is 17.0 Å². The minimum Gasteiger partial charge on any atom is -0.456 e. The van der Waals surface area contributed by atoms with Crippen molar-refractivity contribution in [2.75, 3.05) is 9.80 Å². The van der Waals surface area contributed by atoms with E-state index in [-0.39, 0.29) is 0 Å². The highest BCUT2D eigenvalue weighted by molar-refractivity contribution is 7.23. The quantitative estimate of drug-likeness (QED) is 0.135. The molecular formula is C72H49N3OSi. The Labute approximate surface area is 448 Å². The summed E-state index contributed by atoms with van der Waals surface area (Å²) in [5, 5.41) is 11.3. The first-order valence-corrected chi connectivity index (χ1v) is 28.4. The zero-order chi connectivity index (χ0) is 50.9. The average molecular weight is 1000 g/mol. The van der Waals surface area contributed by atoms with Crippen molar-refractivity contribution in [2.24, 2.45) is 0 Å². The predicted octanol–water partition coefficient (Wildman–Crippen LogP) is 16.6. The van der Waals surface area contributed by atoms with Crippen LogP contribution in [0.1, 0.15) is 0 Å². The maximum atomic E-state index is 6.55. The maximum absolute atomic E-state index is 6.55. The summed E-state index contributed by atoms with van der Waals surface area (Å²) in [6, 6.07) is 109. The number of furan rings is 1. The molecule has 362 valence electrons. The van der Waals surface area contributed by atoms with Crippen LogP contribution in [0.15, 0.2) is 302 Å². The summed E-state index contributed by atoms with van der Waals surface area (Å²) in [4.78, 5) is 4.95. The van der Waals surface area contributed by atoms with Crippen molar-refractivity contribution >= 4 is 107 Å². The molecule has 14 aromatic rings. The van der Waals surface area contributed by atoms with Crippen molar-refractivity contribution in [3.8, 4) is 27.9 Å². The third-order valence-corrected chi connectivity index (χ3v) is 20.7. The lowest BCUT2D eigenvalue weighted by atomic mass is 9.98. The Morgan fingerprint density at radius 3 is 1.55 bits per heavy atom. The molecule has 0 atom stereocenters. The van der Waals surface area contributed by atoms with Crippen LogP contribution < -0.4 is 30.5 Å². The van der Waals surface area contributed by atoms with Gasteiger partial charge in [-0.15, -0.1) is 0 Å². The molecule has 0 N–H and O–H groups in total. The zero-order valence-electron chi connectivity index (χ0n) is 42.0. The SMILES string of the molecule is c1ccc(N2c3cccc(-c4ccc(N(c5ccc(-c6cccc7ccccc67)cc5)c5cccc6oc7ccccc7c56)cc4)c3[Si](c3ccccc3)(c3ccccc3)c3c2n(-c2ccccc2)c2ccccc32)cc1. The molecule has 77 heavy (non-hydrogen) atoms. The van der Waals surface area contributed by atoms with Crippen molar-refractivity contribution in [2.45, 2.75) is 0 Å². The Morgan fingerprint density at radius 1 is 0.351 bits per heavy atom. The van der Waals surface area contributed by atoms with E-state index in [1.54, 1.807) is 0 Å². The smallest absolute Gasteiger partial charge is 0.187 e. The Balaban J connectivity index is 0.981. The number of hydrogen-bond acceptors (Lipinski definition) is 3. The van der Waals surface area contributed by atoms with Crippen LogP contribution in [0.3, 0.4) is 0 Å². The van der Waals surface area contributed by atoms with Crippen LogP contribution in [0.2, 0.25) is 0 Å². The van der Waals surface area contributed by atoms with E-state index in [2.05, 4.69) is 306 Å². The number of fused-ring (bicyclic) bond motifs is 8. The summed E-state index contributed by atoms with van der Waals surface area (Å²) >= 11 is 0. The van der Waals surface area contributed by atoms with Gasteiger partial charge in [-0.25, -0.2) is 0 Å². The topological polar surface area (TPSA) is 24.6 Å². The molecule has 15 rings (SSSR count). The van der Waals surface area contributed by atoms with Gasteiger partial charge < -0.3 is 9.32 Å². The number of anilines is 6. The Bertz CT molecular complexity index is 4450. The molecule has 0 amide bonds. The average Bonchev–Trinajstić information content (AvgIpc) is 4.31. The fraction of sp³-hybridized carbons (Fsp3) is 0. The molecule has 0 unspecified atom stereocenters. The second-order valence-electron chi connectivity index (χ2n) is 19.9. The van der Waals surface area contributed by atoms with Gasteiger partial charge in [0.05, 0.1) is 16.6 Å². The van der Waals surface area contributed by atoms with Crippen molar-refractivity contribution in [3.63, 3.8) is 0 Å². The van der Waals surface area contributed by atoms with Crippen molar-refractivity contribution < 1.29 is 4.42 Å². The number of para-hydroxylation sites is 4. The second kappa shape index (κ2) is 18.2. The summed E-state index contributed by atoms with van der Waals surface area (Å²) in [5.41, 5.74) is 14.2. The van der Waals surface area contributed by atoms with E-state index >= 15 is 0 Å². The van der Waals surface area contributed by atoms with Gasteiger partial charge in [0.25, 0.3) is 0 Å². The fourth-order valence-electron chi connectivity index (χ4n) is 12.6. The third-order valence-electron chi connectivity index (χ3n) is 15.8. The number of benzene rings is 12. The number of nitrogens with zero attached hydrogens (tertiary/aromatic N) is 3. The summed E-state index contributed by atoms with van der Waals surface area (Å²) < 4.78 is 9.06. The van der Waals surface area contributed by atoms with Crippen LogP contribution in [-0.4, -0.2) is 12.6 Å². The Morgan fingerprint density at radius 2 is 0.857 bits per heavy atom. The van der Waals surface area contributed by atoms with E-state index in [9.17, 15) is 0 Å². The Hall–Kier alpha value is -9.94. The van der Waals surface area contributed by atoms with Gasteiger partial charge in [0.15, 0.2) is 8.07 Å². The van der Waals surface area contributed by atoms with Crippen molar-refractivity contribution in [1.29, 1.82) is 0 Å². The van der Waals surface area contributed by atoms with Crippen molar-refractivity contribution in [3.05, 3.63) is 297 Å². The predicted molar refractivity (Wildman–Crippen MR) is 325 cm³/mol. The minimum absolute atomic E-state index is 0.854. The summed E-state index contributed by atoms with van der Waals surface area (Å²) in [6.45, 7) is 0. The molecule has 0 spiro atoms. The lowest BCUT2D eigenvalue weighted by Gasteiger charge is -2.45. The van der Waals surface area contributed by atoms with Gasteiger partial charge in [-0.2, -0.15) is 0 Å². The molecule has 0 fully saturated rings. The zero-order valence-corrected chi connectivity index (χ0v) is 43.0. The highest BCUT2D eigenvalue weighted by Crippen LogP contribution is 2.47. The minimum atomic E-state index is -3.28. The van der Waals surface area contributed by atoms with Crippen LogP contribution >= 0.6 is 0 Å². The first-order chi connectivity index (χ1) is 38.2. The van der Waals surface area contributed by atoms with E-state index < -0.39 is 8.07 Å². The van der Waals surface area contributed by atoms with Crippen LogP contribution in [0.25, 0.3) is 71.6 Å². The van der Waals surface area contributed by atoms with E-state index in [1.165, 1.54) is 70.6 Å². The first-order valence-electron chi connectivity index (χ1n) is 26.4. The number of hydrogen-bond donors (Lipinski definition) is 0. The van der Waals surface area contributed by atoms with Gasteiger partial charge in [0, 0.05) is 44.4 Å². The maximum Gasteiger partial charge on any atom is 0.187 e. The molecule has 0 saturated heterocycles. The molecule has 4 nitrogen and oxygen atoms in total. The molecule has 0 aliphatic carbocycles. The molecule has 1 aliphatic heterocycles. The monoisotopic (exact) mass is 999 g/mol. The molecule has 0 saturated carbocycles. The number of aromatic nitrogens is 1. The molecular weight excluding hydrogens is 951 g/mol. The highest BCUT2D eigenvalue weighted by atomic mass is 28.3. The lowest BCUT2D eigenvalue weighted by Crippen LogP contribution is -2.77. The highest BCUT2D eigenvalue weighted by Gasteiger charge is 2.53. The van der Waals surface area contributed by atoms with E-state index in [0.29, 0.717) is 0 Å². The van der Waals surface area contributed by atoms with E-state index in [4.69, 9.17) is 4.42 Å². The van der Waals surface area contributed by atoms with Gasteiger partial charge in [-0.1, -0.05) is 218 Å². The lowest BCUT2D eigenvalue weighted by molar-refractivity contribution is 0.669. The summed E-state index contributed by atoms with van der Waals surface area (Å²) in [7, 11) is -3.28. The summed E-state index contributed by atoms with van der Waals surface area (Å²) in [6.07, 6.45) is 0. The third kappa shape index (κ3) is 6.98. The first kappa shape index (κ1) is 44.5. The van der Waals surface area contributed by atoms with Gasteiger partial charge >= 0.3 is 0 Å². The largest absolute Gasteiger partial charge is 0.456 e. The molecule has 0 radical (unpaired) electrons. The van der Waals surface area contributed by atoms with Gasteiger partial charge in [-0.05, 0) is 127 Å². The van der Waals surface area contributed by atoms with Crippen LogP contribution in [0, 0.1) is 0 Å². The molecule has 5 heteroatoms. The van der Waals surface area contributed by atoms with Crippen LogP contribution in [-0.2, 0) is 0 Å². The van der Waals surface area contributed by atoms with E-state index in [1.807, 2.05) is 6.07 Å². The van der Waals surface area contributed by atoms with Crippen molar-refractivity contribution in [1.82, 2.24) is 4.57 Å². The standard InChI is InChI=1S/C72H49N3OSi/c1-5-24-53(25-6-1)74-64-37-17-15-33-62(64)71-72(74)75(54-26-7-2-8-27-54)66-39-20-36-61(70(66)77(71,57-28-9-3-10-29-57)58-30-11-4-12-31-58)52-44-48-56(49-45-52)73(65-38-21-41-68-69(65)63-34-16-18-40-67(63)76-68)55-46-42-51(43-47-55)60-35-19-23-50-22-13-14-32-59(50)60/h1-49H. The summed E-state index contributed by atoms with van der Waals surface area (Å²) in [5.74, 6) is 1.17. The Kier molecular flexibility index (Phi) is 10.5. The molecule has 12 aromatic carbocycles. The molecule has 3 heterocycles. The molecule has 1 aliphatic rings. The van der Waals surface area contributed by atoms with E-state index in [0.717, 1.165) is 55.9 Å². The second-order valence-corrected chi connectivity index (χ2v) is 23.6. The van der Waals surface area contributed by atoms with Crippen LogP contribution in [0.4, 0.5) is 34.3 Å².